The Bertz CT molecular complexity index is 3400. The van der Waals surface area contributed by atoms with E-state index in [1.165, 1.54) is 0 Å². The zero-order chi connectivity index (χ0) is 47.8. The maximum Gasteiger partial charge on any atom is 0.0658 e. The van der Waals surface area contributed by atoms with Gasteiger partial charge < -0.3 is 29.9 Å². The molecule has 12 nitrogen and oxygen atoms in total. The van der Waals surface area contributed by atoms with Gasteiger partial charge in [-0.1, -0.05) is 0 Å². The number of aromatic nitrogens is 12. The summed E-state index contributed by atoms with van der Waals surface area (Å²) < 4.78 is 0. The first kappa shape index (κ1) is 41.9. The van der Waals surface area contributed by atoms with Crippen LogP contribution in [0.5, 0.6) is 0 Å². The molecule has 72 heavy (non-hydrogen) atoms. The summed E-state index contributed by atoms with van der Waals surface area (Å²) in [6.07, 6.45) is 24.3. The average Bonchev–Trinajstić information content (AvgIpc) is 4.18. The van der Waals surface area contributed by atoms with Crippen molar-refractivity contribution in [2.24, 2.45) is 0 Å². The molecule has 15 rings (SSSR count). The number of aromatic amines is 6. The van der Waals surface area contributed by atoms with Gasteiger partial charge in [0, 0.05) is 66.2 Å². The van der Waals surface area contributed by atoms with Crippen molar-refractivity contribution < 1.29 is 0 Å². The number of rotatable bonds is 0. The lowest BCUT2D eigenvalue weighted by molar-refractivity contribution is 1.31. The van der Waals surface area contributed by atoms with E-state index in [1.807, 2.05) is 146 Å². The van der Waals surface area contributed by atoms with Crippen LogP contribution in [-0.2, 0) is 0 Å². The van der Waals surface area contributed by atoms with Gasteiger partial charge in [0.05, 0.1) is 68.3 Å². The second-order valence-corrected chi connectivity index (χ2v) is 17.7. The third kappa shape index (κ3) is 9.73. The highest BCUT2D eigenvalue weighted by Gasteiger charge is 2.05. The number of nitrogens with zero attached hydrogens (tertiary/aromatic N) is 6. The molecule has 0 aromatic carbocycles. The molecule has 0 saturated heterocycles. The Morgan fingerprint density at radius 1 is 0.153 bits per heavy atom. The van der Waals surface area contributed by atoms with Gasteiger partial charge in [-0.25, -0.2) is 29.9 Å². The van der Waals surface area contributed by atoms with Crippen LogP contribution in [0.2, 0.25) is 0 Å². The highest BCUT2D eigenvalue weighted by molar-refractivity contribution is 5.81. The Hall–Kier alpha value is -10.2. The first-order valence-corrected chi connectivity index (χ1v) is 23.5. The van der Waals surface area contributed by atoms with Crippen LogP contribution in [0.25, 0.3) is 139 Å². The minimum Gasteiger partial charge on any atom is -0.355 e. The van der Waals surface area contributed by atoms with E-state index in [-0.39, 0.29) is 0 Å². The molecule has 0 aliphatic carbocycles. The Kier molecular flexibility index (Phi) is 10.5. The molecule has 6 N–H and O–H groups in total. The molecular formula is C60H42N12. The predicted octanol–water partition coefficient (Wildman–Crippen LogP) is 14.0. The van der Waals surface area contributed by atoms with Gasteiger partial charge in [-0.15, -0.1) is 0 Å². The highest BCUT2D eigenvalue weighted by Crippen LogP contribution is 2.21. The maximum absolute atomic E-state index is 4.63. The fraction of sp³-hybridized carbons (Fsp3) is 0. The first-order chi connectivity index (χ1) is 35.4. The van der Waals surface area contributed by atoms with Gasteiger partial charge in [-0.2, -0.15) is 0 Å². The topological polar surface area (TPSA) is 172 Å². The Balaban J connectivity index is 0.000000105. The smallest absolute Gasteiger partial charge is 0.0658 e. The summed E-state index contributed by atoms with van der Waals surface area (Å²) in [4.78, 5) is 48.1. The van der Waals surface area contributed by atoms with Crippen LogP contribution in [0.4, 0.5) is 0 Å². The van der Waals surface area contributed by atoms with E-state index in [2.05, 4.69) is 133 Å². The second-order valence-electron chi connectivity index (χ2n) is 17.7. The van der Waals surface area contributed by atoms with E-state index in [1.54, 1.807) is 0 Å². The van der Waals surface area contributed by atoms with Gasteiger partial charge in [0.15, 0.2) is 0 Å². The summed E-state index contributed by atoms with van der Waals surface area (Å²) in [6.45, 7) is 0. The number of fused-ring (bicyclic) bond motifs is 24. The van der Waals surface area contributed by atoms with Crippen LogP contribution in [0.1, 0.15) is 68.3 Å². The summed E-state index contributed by atoms with van der Waals surface area (Å²) in [5.74, 6) is 0. The van der Waals surface area contributed by atoms with Crippen molar-refractivity contribution in [3.63, 3.8) is 0 Å². The van der Waals surface area contributed by atoms with E-state index in [9.17, 15) is 0 Å². The molecule has 9 aromatic heterocycles. The molecule has 0 radical (unpaired) electrons. The van der Waals surface area contributed by atoms with E-state index in [0.29, 0.717) is 0 Å². The van der Waals surface area contributed by atoms with Gasteiger partial charge in [0.25, 0.3) is 0 Å². The molecule has 24 bridgehead atoms. The third-order valence-corrected chi connectivity index (χ3v) is 12.1. The highest BCUT2D eigenvalue weighted by atomic mass is 14.8. The molecule has 9 aromatic rings. The summed E-state index contributed by atoms with van der Waals surface area (Å²) in [6, 6.07) is 49.1. The molecule has 0 spiro atoms. The largest absolute Gasteiger partial charge is 0.355 e. The third-order valence-electron chi connectivity index (χ3n) is 12.1. The van der Waals surface area contributed by atoms with Crippen molar-refractivity contribution in [1.82, 2.24) is 59.8 Å². The summed E-state index contributed by atoms with van der Waals surface area (Å²) in [5, 5.41) is 0. The van der Waals surface area contributed by atoms with Crippen molar-refractivity contribution in [2.45, 2.75) is 0 Å². The van der Waals surface area contributed by atoms with E-state index in [4.69, 9.17) is 0 Å². The Labute approximate surface area is 411 Å². The predicted molar refractivity (Wildman–Crippen MR) is 297 cm³/mol. The standard InChI is InChI=1S/3C20H14N4/c3*1-2-14-10-16-5-6-18(23-16)12-20-8-7-19(24-20)11-17-4-3-15(22-17)9-13(1)21-14/h3*1-12,21,24H. The molecule has 342 valence electrons. The maximum atomic E-state index is 4.63. The molecule has 0 saturated carbocycles. The summed E-state index contributed by atoms with van der Waals surface area (Å²) >= 11 is 0. The minimum absolute atomic E-state index is 0.939. The van der Waals surface area contributed by atoms with Crippen molar-refractivity contribution in [3.8, 4) is 0 Å². The summed E-state index contributed by atoms with van der Waals surface area (Å²) in [5.41, 5.74) is 23.6. The molecule has 0 fully saturated rings. The van der Waals surface area contributed by atoms with Gasteiger partial charge in [-0.3, -0.25) is 0 Å². The molecule has 6 aliphatic heterocycles. The molecule has 0 amide bonds. The molecule has 6 aliphatic rings. The zero-order valence-electron chi connectivity index (χ0n) is 38.5. The van der Waals surface area contributed by atoms with Crippen LogP contribution in [-0.4, -0.2) is 59.8 Å². The fourth-order valence-corrected chi connectivity index (χ4v) is 8.83. The fourth-order valence-electron chi connectivity index (χ4n) is 8.83. The van der Waals surface area contributed by atoms with Crippen molar-refractivity contribution >= 4 is 139 Å². The van der Waals surface area contributed by atoms with E-state index < -0.39 is 0 Å². The van der Waals surface area contributed by atoms with Crippen molar-refractivity contribution in [3.05, 3.63) is 214 Å². The zero-order valence-corrected chi connectivity index (χ0v) is 38.5. The van der Waals surface area contributed by atoms with Crippen LogP contribution in [0.3, 0.4) is 0 Å². The van der Waals surface area contributed by atoms with Crippen molar-refractivity contribution in [1.29, 1.82) is 0 Å². The second kappa shape index (κ2) is 18.0. The number of hydrogen-bond donors (Lipinski definition) is 6. The average molecular weight is 931 g/mol. The van der Waals surface area contributed by atoms with Crippen LogP contribution >= 0.6 is 0 Å². The number of H-pyrrole nitrogens is 6. The van der Waals surface area contributed by atoms with Crippen LogP contribution < -0.4 is 0 Å². The van der Waals surface area contributed by atoms with Gasteiger partial charge in [0.1, 0.15) is 0 Å². The number of nitrogens with one attached hydrogen (secondary N) is 6. The number of hydrogen-bond acceptors (Lipinski definition) is 6. The lowest BCUT2D eigenvalue weighted by atomic mass is 10.3. The Morgan fingerprint density at radius 2 is 0.250 bits per heavy atom. The first-order valence-electron chi connectivity index (χ1n) is 23.5. The normalized spacial score (nSPS) is 12.7. The molecule has 0 atom stereocenters. The molecule has 15 heterocycles. The molecular weight excluding hydrogens is 889 g/mol. The van der Waals surface area contributed by atoms with Gasteiger partial charge >= 0.3 is 0 Å². The quantitative estimate of drug-likeness (QED) is 0.0883. The van der Waals surface area contributed by atoms with E-state index >= 15 is 0 Å². The molecule has 0 unspecified atom stereocenters. The summed E-state index contributed by atoms with van der Waals surface area (Å²) in [7, 11) is 0. The Morgan fingerprint density at radius 3 is 0.347 bits per heavy atom. The molecule has 12 heteroatoms. The van der Waals surface area contributed by atoms with E-state index in [0.717, 1.165) is 135 Å². The minimum atomic E-state index is 0.939. The van der Waals surface area contributed by atoms with Gasteiger partial charge in [-0.05, 0) is 219 Å². The van der Waals surface area contributed by atoms with Crippen LogP contribution in [0.15, 0.2) is 146 Å². The van der Waals surface area contributed by atoms with Crippen molar-refractivity contribution in [2.75, 3.05) is 0 Å². The van der Waals surface area contributed by atoms with Gasteiger partial charge in [0.2, 0.25) is 0 Å². The lowest BCUT2D eigenvalue weighted by Gasteiger charge is -1.85. The SMILES string of the molecule is C1=Cc2cc3ccc(cc4nc(cc5ccc(cc1n2)[nH]5)C=C4)[nH]3.C1=Cc2cc3ccc(cc4nc(cc5ccc(cc1n2)[nH]5)C=C4)[nH]3.C1=Cc2cc3ccc(cc4nc(cc5ccc(cc1n2)[nH]5)C=C4)[nH]3. The van der Waals surface area contributed by atoms with Crippen LogP contribution in [0, 0.1) is 0 Å². The monoisotopic (exact) mass is 930 g/mol. The lowest BCUT2D eigenvalue weighted by Crippen LogP contribution is -1.75.